The lowest BCUT2D eigenvalue weighted by Gasteiger charge is -2.19. The Morgan fingerprint density at radius 2 is 1.80 bits per heavy atom. The van der Waals surface area contributed by atoms with E-state index >= 15 is 0 Å². The van der Waals surface area contributed by atoms with Crippen LogP contribution in [0, 0.1) is 5.92 Å². The first-order valence-electron chi connectivity index (χ1n) is 10.1. The second kappa shape index (κ2) is 11.7. The Labute approximate surface area is 178 Å². The van der Waals surface area contributed by atoms with Crippen LogP contribution in [-0.2, 0) is 11.3 Å². The first-order valence-corrected chi connectivity index (χ1v) is 10.1. The van der Waals surface area contributed by atoms with Gasteiger partial charge >= 0.3 is 0 Å². The van der Waals surface area contributed by atoms with Crippen LogP contribution in [0.3, 0.4) is 0 Å². The number of rotatable bonds is 10. The summed E-state index contributed by atoms with van der Waals surface area (Å²) >= 11 is 0. The van der Waals surface area contributed by atoms with Gasteiger partial charge in [0.2, 0.25) is 0 Å². The molecule has 162 valence electrons. The smallest absolute Gasteiger partial charge is 0.255 e. The Bertz CT molecular complexity index is 835. The maximum absolute atomic E-state index is 10.9. The van der Waals surface area contributed by atoms with Crippen LogP contribution in [0.4, 0.5) is 0 Å². The zero-order valence-electron chi connectivity index (χ0n) is 18.1. The molecule has 0 aliphatic heterocycles. The third-order valence-electron chi connectivity index (χ3n) is 4.28. The Balaban J connectivity index is 1.88. The van der Waals surface area contributed by atoms with E-state index in [4.69, 9.17) is 15.2 Å². The van der Waals surface area contributed by atoms with Gasteiger partial charge in [0.15, 0.2) is 12.6 Å². The molecule has 1 amide bonds. The Morgan fingerprint density at radius 1 is 1.07 bits per heavy atom. The highest BCUT2D eigenvalue weighted by atomic mass is 16.5. The van der Waals surface area contributed by atoms with Crippen molar-refractivity contribution in [3.05, 3.63) is 59.7 Å². The van der Waals surface area contributed by atoms with Gasteiger partial charge in [-0.05, 0) is 48.2 Å². The van der Waals surface area contributed by atoms with Gasteiger partial charge in [0.25, 0.3) is 5.91 Å². The lowest BCUT2D eigenvalue weighted by atomic mass is 10.1. The molecule has 2 rings (SSSR count). The molecule has 0 radical (unpaired) electrons. The minimum absolute atomic E-state index is 0.0700. The van der Waals surface area contributed by atoms with E-state index in [2.05, 4.69) is 48.5 Å². The Hall–Kier alpha value is -3.22. The molecule has 0 saturated heterocycles. The third-order valence-corrected chi connectivity index (χ3v) is 4.28. The van der Waals surface area contributed by atoms with E-state index in [1.165, 1.54) is 0 Å². The summed E-state index contributed by atoms with van der Waals surface area (Å²) in [5.74, 6) is 2.16. The van der Waals surface area contributed by atoms with E-state index in [1.54, 1.807) is 13.1 Å². The number of nitrogens with one attached hydrogen (secondary N) is 2. The van der Waals surface area contributed by atoms with Crippen molar-refractivity contribution >= 4 is 11.9 Å². The SMILES string of the molecule is CN=C(NCc1cccc(OCC(N)=O)c1)NC(C)c1ccc(OCC(C)C)cc1. The van der Waals surface area contributed by atoms with Crippen molar-refractivity contribution in [3.63, 3.8) is 0 Å². The minimum Gasteiger partial charge on any atom is -0.493 e. The van der Waals surface area contributed by atoms with Crippen LogP contribution in [0.5, 0.6) is 11.5 Å². The van der Waals surface area contributed by atoms with E-state index in [0.29, 0.717) is 30.8 Å². The maximum Gasteiger partial charge on any atom is 0.255 e. The second-order valence-electron chi connectivity index (χ2n) is 7.47. The molecule has 1 unspecified atom stereocenters. The van der Waals surface area contributed by atoms with Crippen LogP contribution in [-0.4, -0.2) is 32.1 Å². The number of guanidine groups is 1. The molecular weight excluding hydrogens is 380 g/mol. The van der Waals surface area contributed by atoms with E-state index < -0.39 is 5.91 Å². The molecule has 2 aromatic rings. The van der Waals surface area contributed by atoms with Gasteiger partial charge in [0.05, 0.1) is 12.6 Å². The van der Waals surface area contributed by atoms with Gasteiger partial charge in [-0.1, -0.05) is 38.1 Å². The number of carbonyl (C=O) groups excluding carboxylic acids is 1. The van der Waals surface area contributed by atoms with Gasteiger partial charge in [0.1, 0.15) is 11.5 Å². The molecule has 0 bridgehead atoms. The fraction of sp³-hybridized carbons (Fsp3) is 0.391. The normalized spacial score (nSPS) is 12.4. The second-order valence-corrected chi connectivity index (χ2v) is 7.47. The number of nitrogens with two attached hydrogens (primary N) is 1. The highest BCUT2D eigenvalue weighted by molar-refractivity contribution is 5.80. The van der Waals surface area contributed by atoms with Gasteiger partial charge in [-0.2, -0.15) is 0 Å². The van der Waals surface area contributed by atoms with Crippen molar-refractivity contribution in [1.82, 2.24) is 10.6 Å². The lowest BCUT2D eigenvalue weighted by molar-refractivity contribution is -0.119. The third kappa shape index (κ3) is 8.03. The number of benzene rings is 2. The quantitative estimate of drug-likeness (QED) is 0.412. The summed E-state index contributed by atoms with van der Waals surface area (Å²) in [5.41, 5.74) is 7.25. The molecule has 0 fully saturated rings. The molecular formula is C23H32N4O3. The number of aliphatic imine (C=N–C) groups is 1. The Morgan fingerprint density at radius 3 is 2.43 bits per heavy atom. The van der Waals surface area contributed by atoms with Crippen LogP contribution in [0.15, 0.2) is 53.5 Å². The summed E-state index contributed by atoms with van der Waals surface area (Å²) < 4.78 is 11.1. The molecule has 30 heavy (non-hydrogen) atoms. The molecule has 7 heteroatoms. The number of amides is 1. The fourth-order valence-corrected chi connectivity index (χ4v) is 2.68. The standard InChI is InChI=1S/C23H32N4O3/c1-16(2)14-29-20-10-8-19(9-11-20)17(3)27-23(25-4)26-13-18-6-5-7-21(12-18)30-15-22(24)28/h5-12,16-17H,13-15H2,1-4H3,(H2,24,28)(H2,25,26,27). The topological polar surface area (TPSA) is 98.0 Å². The largest absolute Gasteiger partial charge is 0.493 e. The van der Waals surface area contributed by atoms with Crippen LogP contribution in [0.25, 0.3) is 0 Å². The average molecular weight is 413 g/mol. The minimum atomic E-state index is -0.503. The number of primary amides is 1. The molecule has 0 aliphatic carbocycles. The summed E-state index contributed by atoms with van der Waals surface area (Å²) in [6, 6.07) is 15.7. The molecule has 0 aliphatic rings. The van der Waals surface area contributed by atoms with Gasteiger partial charge in [-0.25, -0.2) is 0 Å². The van der Waals surface area contributed by atoms with E-state index in [0.717, 1.165) is 16.9 Å². The van der Waals surface area contributed by atoms with Gasteiger partial charge in [0, 0.05) is 13.6 Å². The zero-order valence-corrected chi connectivity index (χ0v) is 18.1. The van der Waals surface area contributed by atoms with E-state index in [1.807, 2.05) is 30.3 Å². The predicted octanol–water partition coefficient (Wildman–Crippen LogP) is 3.01. The van der Waals surface area contributed by atoms with E-state index in [9.17, 15) is 4.79 Å². The van der Waals surface area contributed by atoms with Crippen LogP contribution >= 0.6 is 0 Å². The summed E-state index contributed by atoms with van der Waals surface area (Å²) in [4.78, 5) is 15.2. The lowest BCUT2D eigenvalue weighted by Crippen LogP contribution is -2.38. The molecule has 1 atom stereocenters. The van der Waals surface area contributed by atoms with Crippen molar-refractivity contribution in [2.24, 2.45) is 16.6 Å². The van der Waals surface area contributed by atoms with Crippen LogP contribution in [0.1, 0.15) is 37.9 Å². The monoisotopic (exact) mass is 412 g/mol. The van der Waals surface area contributed by atoms with Crippen molar-refractivity contribution < 1.29 is 14.3 Å². The molecule has 4 N–H and O–H groups in total. The average Bonchev–Trinajstić information content (AvgIpc) is 2.74. The van der Waals surface area contributed by atoms with Crippen LogP contribution in [0.2, 0.25) is 0 Å². The van der Waals surface area contributed by atoms with Crippen molar-refractivity contribution in [2.75, 3.05) is 20.3 Å². The van der Waals surface area contributed by atoms with E-state index in [-0.39, 0.29) is 12.6 Å². The molecule has 0 aromatic heterocycles. The van der Waals surface area contributed by atoms with Gasteiger partial charge in [-0.15, -0.1) is 0 Å². The molecule has 0 heterocycles. The molecule has 0 spiro atoms. The maximum atomic E-state index is 10.9. The molecule has 0 saturated carbocycles. The number of nitrogens with zero attached hydrogens (tertiary/aromatic N) is 1. The Kier molecular flexibility index (Phi) is 9.00. The molecule has 7 nitrogen and oxygen atoms in total. The van der Waals surface area contributed by atoms with Gasteiger partial charge in [-0.3, -0.25) is 9.79 Å². The van der Waals surface area contributed by atoms with Crippen LogP contribution < -0.4 is 25.8 Å². The zero-order chi connectivity index (χ0) is 21.9. The van der Waals surface area contributed by atoms with Crippen molar-refractivity contribution in [2.45, 2.75) is 33.4 Å². The number of ether oxygens (including phenoxy) is 2. The summed E-state index contributed by atoms with van der Waals surface area (Å²) in [6.45, 7) is 7.46. The molecule has 2 aromatic carbocycles. The number of hydrogen-bond acceptors (Lipinski definition) is 4. The summed E-state index contributed by atoms with van der Waals surface area (Å²) in [6.07, 6.45) is 0. The van der Waals surface area contributed by atoms with Crippen molar-refractivity contribution in [3.8, 4) is 11.5 Å². The fourth-order valence-electron chi connectivity index (χ4n) is 2.68. The predicted molar refractivity (Wildman–Crippen MR) is 120 cm³/mol. The highest BCUT2D eigenvalue weighted by Crippen LogP contribution is 2.18. The number of hydrogen-bond donors (Lipinski definition) is 3. The highest BCUT2D eigenvalue weighted by Gasteiger charge is 2.09. The van der Waals surface area contributed by atoms with Gasteiger partial charge < -0.3 is 25.8 Å². The summed E-state index contributed by atoms with van der Waals surface area (Å²) in [5, 5.41) is 6.67. The first kappa shape index (κ1) is 23.1. The number of carbonyl (C=O) groups is 1. The van der Waals surface area contributed by atoms with Crippen molar-refractivity contribution in [1.29, 1.82) is 0 Å². The first-order chi connectivity index (χ1) is 14.4. The summed E-state index contributed by atoms with van der Waals surface area (Å²) in [7, 11) is 1.73.